The molecule has 0 unspecified atom stereocenters. The second-order valence-corrected chi connectivity index (χ2v) is 4.32. The Morgan fingerprint density at radius 2 is 2.00 bits per heavy atom. The Morgan fingerprint density at radius 3 is 2.70 bits per heavy atom. The van der Waals surface area contributed by atoms with Crippen LogP contribution in [0.3, 0.4) is 0 Å². The summed E-state index contributed by atoms with van der Waals surface area (Å²) in [5.74, 6) is 0.110. The largest absolute Gasteiger partial charge is 0.364 e. The lowest BCUT2D eigenvalue weighted by atomic mass is 10.1. The predicted octanol–water partition coefficient (Wildman–Crippen LogP) is 0.920. The fraction of sp³-hybridized carbons (Fsp3) is 0.214. The first-order chi connectivity index (χ1) is 9.66. The first-order valence-corrected chi connectivity index (χ1v) is 6.29. The number of H-pyrrole nitrogens is 1. The minimum atomic E-state index is -0.280. The molecule has 104 valence electrons. The van der Waals surface area contributed by atoms with Gasteiger partial charge < -0.3 is 15.6 Å². The smallest absolute Gasteiger partial charge is 0.290 e. The van der Waals surface area contributed by atoms with Gasteiger partial charge in [-0.2, -0.15) is 0 Å². The molecule has 3 N–H and O–H groups in total. The molecule has 0 atom stereocenters. The lowest BCUT2D eigenvalue weighted by molar-refractivity contribution is 0.0955. The minimum absolute atomic E-state index is 0.137. The summed E-state index contributed by atoms with van der Waals surface area (Å²) >= 11 is 0. The summed E-state index contributed by atoms with van der Waals surface area (Å²) < 4.78 is 0. The lowest BCUT2D eigenvalue weighted by Crippen LogP contribution is -2.30. The molecule has 2 aromatic rings. The standard InChI is InChI=1S/C14H16N4O2/c1-10-2-4-11(5-3-10)13(19)17-8-6-15-12-14(20)18-9-7-16-12/h2-5,7,9H,6,8H2,1H3,(H,15,16)(H,17,19)(H,18,20). The number of aromatic nitrogens is 2. The zero-order valence-electron chi connectivity index (χ0n) is 11.1. The Labute approximate surface area is 116 Å². The van der Waals surface area contributed by atoms with Crippen LogP contribution >= 0.6 is 0 Å². The number of aromatic amines is 1. The average molecular weight is 272 g/mol. The van der Waals surface area contributed by atoms with Crippen LogP contribution in [0.5, 0.6) is 0 Å². The summed E-state index contributed by atoms with van der Waals surface area (Å²) in [4.78, 5) is 29.6. The number of carbonyl (C=O) groups excluding carboxylic acids is 1. The molecule has 1 aromatic carbocycles. The van der Waals surface area contributed by atoms with E-state index in [1.807, 2.05) is 19.1 Å². The third-order valence-corrected chi connectivity index (χ3v) is 2.72. The number of nitrogens with zero attached hydrogens (tertiary/aromatic N) is 1. The molecule has 0 aliphatic heterocycles. The monoisotopic (exact) mass is 272 g/mol. The number of hydrogen-bond acceptors (Lipinski definition) is 4. The number of rotatable bonds is 5. The zero-order valence-corrected chi connectivity index (χ0v) is 11.1. The summed E-state index contributed by atoms with van der Waals surface area (Å²) in [6.45, 7) is 2.80. The highest BCUT2D eigenvalue weighted by molar-refractivity contribution is 5.94. The van der Waals surface area contributed by atoms with Crippen LogP contribution in [-0.4, -0.2) is 29.0 Å². The Morgan fingerprint density at radius 1 is 1.25 bits per heavy atom. The van der Waals surface area contributed by atoms with Crippen LogP contribution in [0.4, 0.5) is 5.82 Å². The summed E-state index contributed by atoms with van der Waals surface area (Å²) in [5, 5.41) is 5.63. The molecule has 0 fully saturated rings. The van der Waals surface area contributed by atoms with E-state index < -0.39 is 0 Å². The van der Waals surface area contributed by atoms with Crippen LogP contribution in [0.15, 0.2) is 41.5 Å². The molecular formula is C14H16N4O2. The van der Waals surface area contributed by atoms with Crippen LogP contribution < -0.4 is 16.2 Å². The molecule has 1 heterocycles. The number of hydrogen-bond donors (Lipinski definition) is 3. The van der Waals surface area contributed by atoms with Crippen molar-refractivity contribution in [1.82, 2.24) is 15.3 Å². The molecule has 6 nitrogen and oxygen atoms in total. The van der Waals surface area contributed by atoms with Crippen molar-refractivity contribution in [2.75, 3.05) is 18.4 Å². The molecule has 0 saturated carbocycles. The van der Waals surface area contributed by atoms with Gasteiger partial charge in [0, 0.05) is 31.0 Å². The van der Waals surface area contributed by atoms with Gasteiger partial charge in [-0.3, -0.25) is 9.59 Å². The number of anilines is 1. The predicted molar refractivity (Wildman–Crippen MR) is 76.9 cm³/mol. The molecule has 0 spiro atoms. The van der Waals surface area contributed by atoms with Crippen molar-refractivity contribution in [3.05, 3.63) is 58.1 Å². The van der Waals surface area contributed by atoms with Gasteiger partial charge in [0.1, 0.15) is 0 Å². The molecule has 1 aromatic heterocycles. The van der Waals surface area contributed by atoms with E-state index in [9.17, 15) is 9.59 Å². The second-order valence-electron chi connectivity index (χ2n) is 4.32. The third-order valence-electron chi connectivity index (χ3n) is 2.72. The normalized spacial score (nSPS) is 10.1. The van der Waals surface area contributed by atoms with Crippen LogP contribution in [-0.2, 0) is 0 Å². The highest BCUT2D eigenvalue weighted by Crippen LogP contribution is 2.02. The fourth-order valence-electron chi connectivity index (χ4n) is 1.64. The van der Waals surface area contributed by atoms with E-state index in [2.05, 4.69) is 20.6 Å². The SMILES string of the molecule is Cc1ccc(C(=O)NCCNc2ncc[nH]c2=O)cc1. The fourth-order valence-corrected chi connectivity index (χ4v) is 1.64. The molecule has 6 heteroatoms. The van der Waals surface area contributed by atoms with Crippen molar-refractivity contribution in [3.63, 3.8) is 0 Å². The second kappa shape index (κ2) is 6.51. The third kappa shape index (κ3) is 3.68. The number of carbonyl (C=O) groups is 1. The maximum Gasteiger partial charge on any atom is 0.290 e. The average Bonchev–Trinajstić information content (AvgIpc) is 2.46. The van der Waals surface area contributed by atoms with E-state index >= 15 is 0 Å². The van der Waals surface area contributed by atoms with Crippen molar-refractivity contribution in [1.29, 1.82) is 0 Å². The number of amides is 1. The topological polar surface area (TPSA) is 86.9 Å². The first kappa shape index (κ1) is 13.8. The molecule has 20 heavy (non-hydrogen) atoms. The van der Waals surface area contributed by atoms with E-state index in [1.165, 1.54) is 12.4 Å². The van der Waals surface area contributed by atoms with Crippen molar-refractivity contribution in [3.8, 4) is 0 Å². The Balaban J connectivity index is 1.79. The highest BCUT2D eigenvalue weighted by Gasteiger charge is 2.04. The van der Waals surface area contributed by atoms with Crippen LogP contribution in [0.25, 0.3) is 0 Å². The quantitative estimate of drug-likeness (QED) is 0.706. The van der Waals surface area contributed by atoms with Gasteiger partial charge in [-0.25, -0.2) is 4.98 Å². The van der Waals surface area contributed by atoms with Gasteiger partial charge in [-0.05, 0) is 19.1 Å². The molecule has 0 aliphatic rings. The molecule has 0 bridgehead atoms. The molecular weight excluding hydrogens is 256 g/mol. The summed E-state index contributed by atoms with van der Waals surface area (Å²) in [6, 6.07) is 7.34. The number of benzene rings is 1. The number of aryl methyl sites for hydroxylation is 1. The molecule has 1 amide bonds. The molecule has 0 saturated heterocycles. The van der Waals surface area contributed by atoms with Gasteiger partial charge in [-0.1, -0.05) is 17.7 Å². The van der Waals surface area contributed by atoms with Gasteiger partial charge in [0.15, 0.2) is 5.82 Å². The van der Waals surface area contributed by atoms with E-state index in [0.29, 0.717) is 18.7 Å². The molecule has 0 aliphatic carbocycles. The summed E-state index contributed by atoms with van der Waals surface area (Å²) in [5.41, 5.74) is 1.45. The molecule has 0 radical (unpaired) electrons. The number of nitrogens with one attached hydrogen (secondary N) is 3. The van der Waals surface area contributed by atoms with Crippen LogP contribution in [0, 0.1) is 6.92 Å². The molecule has 2 rings (SSSR count). The van der Waals surface area contributed by atoms with E-state index in [-0.39, 0.29) is 17.3 Å². The van der Waals surface area contributed by atoms with Gasteiger partial charge in [0.05, 0.1) is 0 Å². The van der Waals surface area contributed by atoms with Crippen molar-refractivity contribution in [2.24, 2.45) is 0 Å². The van der Waals surface area contributed by atoms with Gasteiger partial charge in [0.2, 0.25) is 0 Å². The van der Waals surface area contributed by atoms with Gasteiger partial charge in [0.25, 0.3) is 11.5 Å². The van der Waals surface area contributed by atoms with Gasteiger partial charge >= 0.3 is 0 Å². The summed E-state index contributed by atoms with van der Waals surface area (Å²) in [7, 11) is 0. The van der Waals surface area contributed by atoms with Crippen molar-refractivity contribution in [2.45, 2.75) is 6.92 Å². The van der Waals surface area contributed by atoms with Crippen LogP contribution in [0.1, 0.15) is 15.9 Å². The minimum Gasteiger partial charge on any atom is -0.364 e. The Bertz CT molecular complexity index is 634. The van der Waals surface area contributed by atoms with Crippen molar-refractivity contribution < 1.29 is 4.79 Å². The maximum absolute atomic E-state index is 11.8. The zero-order chi connectivity index (χ0) is 14.4. The first-order valence-electron chi connectivity index (χ1n) is 6.29. The van der Waals surface area contributed by atoms with Crippen LogP contribution in [0.2, 0.25) is 0 Å². The Hall–Kier alpha value is -2.63. The lowest BCUT2D eigenvalue weighted by Gasteiger charge is -2.07. The summed E-state index contributed by atoms with van der Waals surface area (Å²) in [6.07, 6.45) is 2.96. The van der Waals surface area contributed by atoms with Gasteiger partial charge in [-0.15, -0.1) is 0 Å². The van der Waals surface area contributed by atoms with E-state index in [4.69, 9.17) is 0 Å². The van der Waals surface area contributed by atoms with E-state index in [1.54, 1.807) is 12.1 Å². The highest BCUT2D eigenvalue weighted by atomic mass is 16.1. The Kier molecular flexibility index (Phi) is 4.49. The maximum atomic E-state index is 11.8. The van der Waals surface area contributed by atoms with E-state index in [0.717, 1.165) is 5.56 Å². The van der Waals surface area contributed by atoms with Crippen molar-refractivity contribution >= 4 is 11.7 Å².